The number of aliphatic hydroxyl groups excluding tert-OH is 1. The number of carbonyl (C=O) groups is 1. The number of amides is 1. The number of pyridine rings is 1. The Hall–Kier alpha value is -2.31. The fraction of sp³-hybridized carbons (Fsp3) is 0.143. The van der Waals surface area contributed by atoms with E-state index in [2.05, 4.69) is 10.3 Å². The number of aliphatic hydroxyl groups is 1. The van der Waals surface area contributed by atoms with Gasteiger partial charge in [0.2, 0.25) is 0 Å². The van der Waals surface area contributed by atoms with Crippen LogP contribution in [0.4, 0.5) is 5.69 Å². The smallest absolute Gasteiger partial charge is 0.257 e. The van der Waals surface area contributed by atoms with Crippen LogP contribution in [0.1, 0.15) is 10.4 Å². The van der Waals surface area contributed by atoms with Crippen molar-refractivity contribution in [2.45, 2.75) is 0 Å². The van der Waals surface area contributed by atoms with E-state index in [4.69, 9.17) is 16.7 Å². The van der Waals surface area contributed by atoms with E-state index >= 15 is 0 Å². The number of hydrogen-bond acceptors (Lipinski definition) is 4. The van der Waals surface area contributed by atoms with E-state index in [0.717, 1.165) is 4.73 Å². The normalized spacial score (nSPS) is 11.4. The third kappa shape index (κ3) is 3.62. The lowest BCUT2D eigenvalue weighted by Gasteiger charge is -2.08. The van der Waals surface area contributed by atoms with Crippen molar-refractivity contribution >= 4 is 23.2 Å². The highest BCUT2D eigenvalue weighted by molar-refractivity contribution is 6.34. The van der Waals surface area contributed by atoms with E-state index < -0.39 is 5.91 Å². The second-order valence-corrected chi connectivity index (χ2v) is 4.54. The SMILES string of the molecule is O=C(Nc1cccn(O)c1=NCCO)c1ccccc1Cl. The van der Waals surface area contributed by atoms with Gasteiger partial charge in [-0.3, -0.25) is 9.79 Å². The highest BCUT2D eigenvalue weighted by atomic mass is 35.5. The zero-order valence-corrected chi connectivity index (χ0v) is 11.8. The summed E-state index contributed by atoms with van der Waals surface area (Å²) in [4.78, 5) is 16.2. The molecule has 0 bridgehead atoms. The molecule has 1 aromatic carbocycles. The van der Waals surface area contributed by atoms with Crippen molar-refractivity contribution in [3.8, 4) is 0 Å². The molecular weight excluding hydrogens is 294 g/mol. The number of nitrogens with zero attached hydrogens (tertiary/aromatic N) is 2. The molecule has 3 N–H and O–H groups in total. The van der Waals surface area contributed by atoms with Crippen molar-refractivity contribution in [3.63, 3.8) is 0 Å². The monoisotopic (exact) mass is 307 g/mol. The topological polar surface area (TPSA) is 86.9 Å². The number of carbonyl (C=O) groups excluding carboxylic acids is 1. The summed E-state index contributed by atoms with van der Waals surface area (Å²) in [6.45, 7) is -0.0493. The zero-order chi connectivity index (χ0) is 15.2. The molecule has 0 aliphatic rings. The lowest BCUT2D eigenvalue weighted by Crippen LogP contribution is -2.26. The molecule has 0 saturated heterocycles. The minimum Gasteiger partial charge on any atom is -0.427 e. The van der Waals surface area contributed by atoms with E-state index in [-0.39, 0.29) is 18.6 Å². The lowest BCUT2D eigenvalue weighted by molar-refractivity contribution is 0.102. The number of hydrogen-bond donors (Lipinski definition) is 3. The molecule has 7 heteroatoms. The van der Waals surface area contributed by atoms with Crippen LogP contribution < -0.4 is 10.8 Å². The number of halogens is 1. The van der Waals surface area contributed by atoms with Crippen molar-refractivity contribution in [2.24, 2.45) is 4.99 Å². The number of rotatable bonds is 4. The largest absolute Gasteiger partial charge is 0.427 e. The van der Waals surface area contributed by atoms with E-state index in [0.29, 0.717) is 16.3 Å². The Kier molecular flexibility index (Phi) is 4.97. The van der Waals surface area contributed by atoms with Gasteiger partial charge in [0, 0.05) is 6.20 Å². The predicted molar refractivity (Wildman–Crippen MR) is 78.5 cm³/mol. The van der Waals surface area contributed by atoms with Crippen LogP contribution in [-0.4, -0.2) is 34.1 Å². The van der Waals surface area contributed by atoms with E-state index in [1.54, 1.807) is 36.4 Å². The van der Waals surface area contributed by atoms with Gasteiger partial charge in [-0.05, 0) is 24.3 Å². The molecule has 0 aliphatic heterocycles. The van der Waals surface area contributed by atoms with Crippen LogP contribution in [-0.2, 0) is 0 Å². The van der Waals surface area contributed by atoms with Gasteiger partial charge in [-0.25, -0.2) is 0 Å². The van der Waals surface area contributed by atoms with Crippen molar-refractivity contribution < 1.29 is 15.1 Å². The maximum atomic E-state index is 12.2. The van der Waals surface area contributed by atoms with Crippen LogP contribution in [0.3, 0.4) is 0 Å². The van der Waals surface area contributed by atoms with Gasteiger partial charge in [0.15, 0.2) is 5.49 Å². The molecule has 21 heavy (non-hydrogen) atoms. The first kappa shape index (κ1) is 15.1. The molecule has 0 spiro atoms. The first-order valence-corrected chi connectivity index (χ1v) is 6.59. The average Bonchev–Trinajstić information content (AvgIpc) is 2.47. The highest BCUT2D eigenvalue weighted by Gasteiger charge is 2.11. The van der Waals surface area contributed by atoms with Gasteiger partial charge in [0.25, 0.3) is 5.91 Å². The summed E-state index contributed by atoms with van der Waals surface area (Å²) in [6.07, 6.45) is 1.38. The van der Waals surface area contributed by atoms with Crippen molar-refractivity contribution in [2.75, 3.05) is 18.5 Å². The Morgan fingerprint density at radius 1 is 1.29 bits per heavy atom. The van der Waals surface area contributed by atoms with Gasteiger partial charge in [-0.1, -0.05) is 23.7 Å². The molecule has 0 radical (unpaired) electrons. The number of anilines is 1. The minimum absolute atomic E-state index is 0.111. The summed E-state index contributed by atoms with van der Waals surface area (Å²) in [5, 5.41) is 21.5. The van der Waals surface area contributed by atoms with Gasteiger partial charge in [0.05, 0.1) is 29.4 Å². The van der Waals surface area contributed by atoms with Crippen LogP contribution in [0.25, 0.3) is 0 Å². The Labute approximate surface area is 125 Å². The molecule has 0 unspecified atom stereocenters. The predicted octanol–water partition coefficient (Wildman–Crippen LogP) is 1.52. The summed E-state index contributed by atoms with van der Waals surface area (Å²) in [6, 6.07) is 9.79. The Bertz CT molecular complexity index is 713. The maximum Gasteiger partial charge on any atom is 0.257 e. The lowest BCUT2D eigenvalue weighted by atomic mass is 10.2. The molecular formula is C14H14ClN3O3. The third-order valence-electron chi connectivity index (χ3n) is 2.68. The van der Waals surface area contributed by atoms with E-state index in [9.17, 15) is 10.0 Å². The molecule has 0 aliphatic carbocycles. The molecule has 0 saturated carbocycles. The molecule has 1 heterocycles. The van der Waals surface area contributed by atoms with Gasteiger partial charge >= 0.3 is 0 Å². The molecule has 1 amide bonds. The summed E-state index contributed by atoms with van der Waals surface area (Å²) in [5.74, 6) is -0.410. The average molecular weight is 308 g/mol. The van der Waals surface area contributed by atoms with E-state index in [1.165, 1.54) is 6.20 Å². The Morgan fingerprint density at radius 2 is 2.05 bits per heavy atom. The number of aromatic nitrogens is 1. The van der Waals surface area contributed by atoms with Gasteiger partial charge in [-0.2, -0.15) is 4.73 Å². The fourth-order valence-corrected chi connectivity index (χ4v) is 1.96. The van der Waals surface area contributed by atoms with Gasteiger partial charge in [-0.15, -0.1) is 0 Å². The first-order chi connectivity index (χ1) is 10.1. The second kappa shape index (κ2) is 6.92. The van der Waals surface area contributed by atoms with Crippen LogP contribution in [0.2, 0.25) is 5.02 Å². The van der Waals surface area contributed by atoms with Crippen molar-refractivity contribution in [1.29, 1.82) is 0 Å². The maximum absolute atomic E-state index is 12.2. The standard InChI is InChI=1S/C14H14ClN3O3/c15-11-5-2-1-4-10(11)14(20)17-12-6-3-8-18(21)13(12)16-7-9-19/h1-6,8,19,21H,7,9H2,(H,17,20). The fourth-order valence-electron chi connectivity index (χ4n) is 1.74. The quantitative estimate of drug-likeness (QED) is 0.749. The minimum atomic E-state index is -0.410. The van der Waals surface area contributed by atoms with Crippen molar-refractivity contribution in [3.05, 3.63) is 58.7 Å². The van der Waals surface area contributed by atoms with E-state index in [1.807, 2.05) is 0 Å². The molecule has 2 rings (SSSR count). The van der Waals surface area contributed by atoms with Crippen LogP contribution >= 0.6 is 11.6 Å². The third-order valence-corrected chi connectivity index (χ3v) is 3.01. The molecule has 6 nitrogen and oxygen atoms in total. The number of nitrogens with one attached hydrogen (secondary N) is 1. The van der Waals surface area contributed by atoms with Crippen LogP contribution in [0.15, 0.2) is 47.6 Å². The van der Waals surface area contributed by atoms with Crippen molar-refractivity contribution in [1.82, 2.24) is 4.73 Å². The number of benzene rings is 1. The van der Waals surface area contributed by atoms with Gasteiger partial charge < -0.3 is 15.6 Å². The summed E-state index contributed by atoms with van der Waals surface area (Å²) in [5.41, 5.74) is 0.783. The summed E-state index contributed by atoms with van der Waals surface area (Å²) < 4.78 is 0.776. The van der Waals surface area contributed by atoms with Crippen LogP contribution in [0.5, 0.6) is 0 Å². The van der Waals surface area contributed by atoms with Gasteiger partial charge in [0.1, 0.15) is 0 Å². The molecule has 0 atom stereocenters. The van der Waals surface area contributed by atoms with Crippen LogP contribution in [0, 0.1) is 0 Å². The second-order valence-electron chi connectivity index (χ2n) is 4.13. The molecule has 0 fully saturated rings. The Balaban J connectivity index is 2.34. The first-order valence-electron chi connectivity index (χ1n) is 6.21. The molecule has 2 aromatic rings. The summed E-state index contributed by atoms with van der Waals surface area (Å²) >= 11 is 5.97. The summed E-state index contributed by atoms with van der Waals surface area (Å²) in [7, 11) is 0. The Morgan fingerprint density at radius 3 is 2.76 bits per heavy atom. The molecule has 1 aromatic heterocycles. The molecule has 110 valence electrons. The zero-order valence-electron chi connectivity index (χ0n) is 11.0. The highest BCUT2D eigenvalue weighted by Crippen LogP contribution is 2.16.